The van der Waals surface area contributed by atoms with Crippen LogP contribution in [0.2, 0.25) is 0 Å². The Bertz CT molecular complexity index is 651. The van der Waals surface area contributed by atoms with Gasteiger partial charge in [0.15, 0.2) is 12.4 Å². The van der Waals surface area contributed by atoms with Gasteiger partial charge in [0.05, 0.1) is 10.6 Å². The number of anilines is 1. The van der Waals surface area contributed by atoms with E-state index in [2.05, 4.69) is 15.4 Å². The van der Waals surface area contributed by atoms with Crippen LogP contribution >= 0.6 is 0 Å². The average Bonchev–Trinajstić information content (AvgIpc) is 2.65. The summed E-state index contributed by atoms with van der Waals surface area (Å²) >= 11 is 0. The molecule has 2 rings (SSSR count). The van der Waals surface area contributed by atoms with Gasteiger partial charge in [-0.1, -0.05) is 0 Å². The molecule has 0 aliphatic heterocycles. The van der Waals surface area contributed by atoms with Gasteiger partial charge < -0.3 is 5.32 Å². The van der Waals surface area contributed by atoms with E-state index in [0.29, 0.717) is 17.1 Å². The first-order valence-corrected chi connectivity index (χ1v) is 5.93. The van der Waals surface area contributed by atoms with Gasteiger partial charge in [-0.25, -0.2) is 4.98 Å². The Morgan fingerprint density at radius 1 is 1.45 bits per heavy atom. The largest absolute Gasteiger partial charge is 0.324 e. The monoisotopic (exact) mass is 276 g/mol. The molecule has 0 aliphatic rings. The van der Waals surface area contributed by atoms with Crippen molar-refractivity contribution in [1.82, 2.24) is 9.78 Å². The van der Waals surface area contributed by atoms with Gasteiger partial charge in [0.25, 0.3) is 0 Å². The van der Waals surface area contributed by atoms with Crippen LogP contribution < -0.4 is 10.3 Å². The molecule has 0 atom stereocenters. The molecule has 1 amide bonds. The van der Waals surface area contributed by atoms with Crippen LogP contribution in [0.25, 0.3) is 0 Å². The third-order valence-electron chi connectivity index (χ3n) is 2.82. The lowest BCUT2D eigenvalue weighted by Crippen LogP contribution is -2.20. The number of aromatic amines is 1. The Morgan fingerprint density at radius 3 is 2.65 bits per heavy atom. The van der Waals surface area contributed by atoms with Crippen molar-refractivity contribution in [3.8, 4) is 0 Å². The van der Waals surface area contributed by atoms with Gasteiger partial charge in [0.2, 0.25) is 5.91 Å². The number of nitro groups is 1. The molecule has 8 heteroatoms. The van der Waals surface area contributed by atoms with Crippen molar-refractivity contribution in [1.29, 1.82) is 0 Å². The topological polar surface area (TPSA) is 104 Å². The van der Waals surface area contributed by atoms with Crippen molar-refractivity contribution >= 4 is 17.3 Å². The van der Waals surface area contributed by atoms with Crippen LogP contribution in [-0.2, 0) is 11.3 Å². The molecule has 8 nitrogen and oxygen atoms in total. The number of rotatable bonds is 4. The van der Waals surface area contributed by atoms with E-state index in [4.69, 9.17) is 0 Å². The summed E-state index contributed by atoms with van der Waals surface area (Å²) in [4.78, 5) is 25.1. The summed E-state index contributed by atoms with van der Waals surface area (Å²) in [5, 5.41) is 17.6. The summed E-state index contributed by atoms with van der Waals surface area (Å²) in [6, 6.07) is 3.42. The van der Waals surface area contributed by atoms with E-state index in [0.717, 1.165) is 0 Å². The number of aromatic nitrogens is 3. The fourth-order valence-electron chi connectivity index (χ4n) is 1.91. The zero-order valence-electron chi connectivity index (χ0n) is 11.1. The SMILES string of the molecule is Cc1nn(CC(=O)Nc2cc[nH+]cc2)c(C)c1[N+](=O)[O-]. The molecule has 0 fully saturated rings. The molecule has 2 aromatic rings. The summed E-state index contributed by atoms with van der Waals surface area (Å²) in [5.74, 6) is -0.295. The number of pyridine rings is 1. The smallest absolute Gasteiger partial charge is 0.312 e. The van der Waals surface area contributed by atoms with Crippen molar-refractivity contribution in [2.45, 2.75) is 20.4 Å². The van der Waals surface area contributed by atoms with Crippen LogP contribution in [0.15, 0.2) is 24.5 Å². The van der Waals surface area contributed by atoms with Crippen LogP contribution in [0.1, 0.15) is 11.4 Å². The molecule has 20 heavy (non-hydrogen) atoms. The summed E-state index contributed by atoms with van der Waals surface area (Å²) in [7, 11) is 0. The van der Waals surface area contributed by atoms with Crippen LogP contribution in [0, 0.1) is 24.0 Å². The fraction of sp³-hybridized carbons (Fsp3) is 0.250. The standard InChI is InChI=1S/C12H13N5O3/c1-8-12(17(19)20)9(2)16(15-8)7-11(18)14-10-3-5-13-6-4-10/h3-6H,7H2,1-2H3,(H,13,14,18)/p+1. The number of hydrogen-bond donors (Lipinski definition) is 1. The van der Waals surface area contributed by atoms with Crippen LogP contribution in [-0.4, -0.2) is 20.6 Å². The Kier molecular flexibility index (Phi) is 3.74. The maximum absolute atomic E-state index is 11.9. The lowest BCUT2D eigenvalue weighted by atomic mass is 10.3. The van der Waals surface area contributed by atoms with Gasteiger partial charge in [0.1, 0.15) is 17.9 Å². The van der Waals surface area contributed by atoms with Crippen LogP contribution in [0.3, 0.4) is 0 Å². The van der Waals surface area contributed by atoms with Crippen molar-refractivity contribution < 1.29 is 14.7 Å². The molecule has 2 aromatic heterocycles. The maximum atomic E-state index is 11.9. The summed E-state index contributed by atoms with van der Waals surface area (Å²) < 4.78 is 1.33. The molecule has 0 saturated carbocycles. The number of amides is 1. The minimum atomic E-state index is -0.487. The Balaban J connectivity index is 2.13. The summed E-state index contributed by atoms with van der Waals surface area (Å²) in [5.41, 5.74) is 1.26. The van der Waals surface area contributed by atoms with Gasteiger partial charge in [-0.3, -0.25) is 19.6 Å². The van der Waals surface area contributed by atoms with Crippen molar-refractivity contribution in [3.05, 3.63) is 46.0 Å². The molecule has 0 bridgehead atoms. The van der Waals surface area contributed by atoms with E-state index in [9.17, 15) is 14.9 Å². The first-order valence-electron chi connectivity index (χ1n) is 5.93. The van der Waals surface area contributed by atoms with Gasteiger partial charge in [0, 0.05) is 12.1 Å². The highest BCUT2D eigenvalue weighted by Crippen LogP contribution is 2.21. The zero-order chi connectivity index (χ0) is 14.7. The highest BCUT2D eigenvalue weighted by Gasteiger charge is 2.22. The second-order valence-electron chi connectivity index (χ2n) is 4.27. The molecule has 0 radical (unpaired) electrons. The lowest BCUT2D eigenvalue weighted by molar-refractivity contribution is -0.386. The van der Waals surface area contributed by atoms with Crippen LogP contribution in [0.4, 0.5) is 11.4 Å². The molecule has 0 aromatic carbocycles. The molecule has 0 saturated heterocycles. The molecule has 2 heterocycles. The van der Waals surface area contributed by atoms with Crippen LogP contribution in [0.5, 0.6) is 0 Å². The second-order valence-corrected chi connectivity index (χ2v) is 4.27. The van der Waals surface area contributed by atoms with E-state index in [1.165, 1.54) is 4.68 Å². The molecule has 0 unspecified atom stereocenters. The molecule has 2 N–H and O–H groups in total. The second kappa shape index (κ2) is 5.47. The first-order chi connectivity index (χ1) is 9.49. The number of aryl methyl sites for hydroxylation is 1. The van der Waals surface area contributed by atoms with Gasteiger partial charge in [-0.05, 0) is 13.8 Å². The van der Waals surface area contributed by atoms with E-state index in [1.807, 2.05) is 0 Å². The summed E-state index contributed by atoms with van der Waals surface area (Å²) in [6.07, 6.45) is 3.37. The average molecular weight is 276 g/mol. The third kappa shape index (κ3) is 2.79. The van der Waals surface area contributed by atoms with Crippen molar-refractivity contribution in [2.24, 2.45) is 0 Å². The van der Waals surface area contributed by atoms with Crippen molar-refractivity contribution in [2.75, 3.05) is 5.32 Å². The number of H-pyrrole nitrogens is 1. The van der Waals surface area contributed by atoms with Gasteiger partial charge in [-0.15, -0.1) is 0 Å². The normalized spacial score (nSPS) is 10.3. The maximum Gasteiger partial charge on any atom is 0.312 e. The third-order valence-corrected chi connectivity index (χ3v) is 2.82. The molecule has 0 aliphatic carbocycles. The first kappa shape index (κ1) is 13.7. The molecular formula is C12H14N5O3+. The van der Waals surface area contributed by atoms with Gasteiger partial charge in [-0.2, -0.15) is 5.10 Å². The lowest BCUT2D eigenvalue weighted by Gasteiger charge is -2.05. The number of hydrogen-bond acceptors (Lipinski definition) is 4. The highest BCUT2D eigenvalue weighted by atomic mass is 16.6. The summed E-state index contributed by atoms with van der Waals surface area (Å²) in [6.45, 7) is 3.05. The Labute approximate surface area is 114 Å². The minimum absolute atomic E-state index is 0.0490. The predicted molar refractivity (Wildman–Crippen MR) is 70.0 cm³/mol. The highest BCUT2D eigenvalue weighted by molar-refractivity contribution is 5.90. The number of nitrogens with zero attached hydrogens (tertiary/aromatic N) is 3. The minimum Gasteiger partial charge on any atom is -0.324 e. The Morgan fingerprint density at radius 2 is 2.10 bits per heavy atom. The van der Waals surface area contributed by atoms with E-state index >= 15 is 0 Å². The van der Waals surface area contributed by atoms with E-state index in [1.54, 1.807) is 38.4 Å². The van der Waals surface area contributed by atoms with Gasteiger partial charge >= 0.3 is 5.69 Å². The molecular weight excluding hydrogens is 262 g/mol. The number of nitrogens with one attached hydrogen (secondary N) is 2. The number of carbonyl (C=O) groups excluding carboxylic acids is 1. The predicted octanol–water partition coefficient (Wildman–Crippen LogP) is 0.861. The quantitative estimate of drug-likeness (QED) is 0.660. The molecule has 104 valence electrons. The van der Waals surface area contributed by atoms with E-state index < -0.39 is 4.92 Å². The van der Waals surface area contributed by atoms with Crippen molar-refractivity contribution in [3.63, 3.8) is 0 Å². The fourth-order valence-corrected chi connectivity index (χ4v) is 1.91. The zero-order valence-corrected chi connectivity index (χ0v) is 11.1. The van der Waals surface area contributed by atoms with E-state index in [-0.39, 0.29) is 18.1 Å². The number of carbonyl (C=O) groups is 1. The molecule has 0 spiro atoms. The Hall–Kier alpha value is -2.77.